The minimum absolute atomic E-state index is 0.00826. The summed E-state index contributed by atoms with van der Waals surface area (Å²) in [7, 11) is 0. The highest BCUT2D eigenvalue weighted by atomic mass is 16.3. The first-order valence-electron chi connectivity index (χ1n) is 7.90. The lowest BCUT2D eigenvalue weighted by atomic mass is 9.86. The Hall–Kier alpha value is -0.870. The molecule has 4 nitrogen and oxygen atoms in total. The fourth-order valence-electron chi connectivity index (χ4n) is 2.65. The summed E-state index contributed by atoms with van der Waals surface area (Å²) < 4.78 is 2.04. The molecule has 2 N–H and O–H groups in total. The van der Waals surface area contributed by atoms with Gasteiger partial charge in [-0.25, -0.2) is 0 Å². The lowest BCUT2D eigenvalue weighted by molar-refractivity contribution is 0.127. The van der Waals surface area contributed by atoms with Crippen molar-refractivity contribution in [1.29, 1.82) is 0 Å². The van der Waals surface area contributed by atoms with Crippen LogP contribution in [-0.2, 0) is 5.54 Å². The topological polar surface area (TPSA) is 50.1 Å². The van der Waals surface area contributed by atoms with Crippen molar-refractivity contribution < 1.29 is 5.11 Å². The molecule has 0 fully saturated rings. The van der Waals surface area contributed by atoms with Crippen molar-refractivity contribution in [3.8, 4) is 0 Å². The number of aromatic nitrogens is 2. The molecule has 0 aromatic carbocycles. The van der Waals surface area contributed by atoms with Crippen LogP contribution in [-0.4, -0.2) is 27.5 Å². The van der Waals surface area contributed by atoms with Crippen molar-refractivity contribution >= 4 is 0 Å². The molecular weight excluding hydrogens is 262 g/mol. The van der Waals surface area contributed by atoms with E-state index in [4.69, 9.17) is 0 Å². The SMILES string of the molecule is Cc1nn(C(C)(C)C)cc1C(C)NCC(C)(C)CC(C)O. The third kappa shape index (κ3) is 5.44. The predicted molar refractivity (Wildman–Crippen MR) is 88.5 cm³/mol. The van der Waals surface area contributed by atoms with Crippen LogP contribution in [0.2, 0.25) is 0 Å². The van der Waals surface area contributed by atoms with Crippen LogP contribution in [0.5, 0.6) is 0 Å². The van der Waals surface area contributed by atoms with Crippen molar-refractivity contribution in [2.75, 3.05) is 6.54 Å². The third-order valence-electron chi connectivity index (χ3n) is 3.83. The van der Waals surface area contributed by atoms with Crippen LogP contribution in [0.4, 0.5) is 0 Å². The molecular formula is C17H33N3O. The minimum atomic E-state index is -0.262. The van der Waals surface area contributed by atoms with Crippen LogP contribution in [0.1, 0.15) is 72.2 Å². The number of rotatable bonds is 6. The first-order chi connectivity index (χ1) is 9.42. The molecule has 2 unspecified atom stereocenters. The first kappa shape index (κ1) is 18.2. The van der Waals surface area contributed by atoms with Gasteiger partial charge in [-0.2, -0.15) is 5.10 Å². The van der Waals surface area contributed by atoms with Crippen molar-refractivity contribution in [1.82, 2.24) is 15.1 Å². The summed E-state index contributed by atoms with van der Waals surface area (Å²) in [6, 6.07) is 0.259. The van der Waals surface area contributed by atoms with E-state index in [0.29, 0.717) is 0 Å². The Morgan fingerprint density at radius 3 is 2.24 bits per heavy atom. The fraction of sp³-hybridized carbons (Fsp3) is 0.824. The molecule has 1 heterocycles. The number of nitrogens with zero attached hydrogens (tertiary/aromatic N) is 2. The van der Waals surface area contributed by atoms with Crippen LogP contribution in [0, 0.1) is 12.3 Å². The van der Waals surface area contributed by atoms with Gasteiger partial charge in [-0.05, 0) is 53.4 Å². The zero-order chi connectivity index (χ0) is 16.4. The van der Waals surface area contributed by atoms with Gasteiger partial charge in [0.15, 0.2) is 0 Å². The van der Waals surface area contributed by atoms with Gasteiger partial charge in [-0.15, -0.1) is 0 Å². The van der Waals surface area contributed by atoms with Gasteiger partial charge < -0.3 is 10.4 Å². The molecule has 21 heavy (non-hydrogen) atoms. The van der Waals surface area contributed by atoms with Crippen LogP contribution in [0.25, 0.3) is 0 Å². The molecule has 0 amide bonds. The van der Waals surface area contributed by atoms with Gasteiger partial charge in [-0.1, -0.05) is 13.8 Å². The van der Waals surface area contributed by atoms with E-state index in [1.54, 1.807) is 0 Å². The van der Waals surface area contributed by atoms with Crippen LogP contribution in [0.3, 0.4) is 0 Å². The molecule has 122 valence electrons. The molecule has 1 rings (SSSR count). The maximum Gasteiger partial charge on any atom is 0.0641 e. The second-order valence-corrected chi connectivity index (χ2v) is 8.11. The maximum absolute atomic E-state index is 9.57. The van der Waals surface area contributed by atoms with Crippen molar-refractivity contribution in [2.24, 2.45) is 5.41 Å². The average Bonchev–Trinajstić information content (AvgIpc) is 2.66. The molecule has 0 aliphatic carbocycles. The number of aliphatic hydroxyl groups excluding tert-OH is 1. The lowest BCUT2D eigenvalue weighted by Gasteiger charge is -2.28. The summed E-state index contributed by atoms with van der Waals surface area (Å²) in [4.78, 5) is 0. The summed E-state index contributed by atoms with van der Waals surface area (Å²) in [6.07, 6.45) is 2.68. The summed E-state index contributed by atoms with van der Waals surface area (Å²) >= 11 is 0. The largest absolute Gasteiger partial charge is 0.393 e. The standard InChI is InChI=1S/C17H33N3O/c1-12(21)9-17(7,8)11-18-13(2)15-10-20(16(4,5)6)19-14(15)3/h10,12-13,18,21H,9,11H2,1-8H3. The molecule has 0 saturated heterocycles. The second-order valence-electron chi connectivity index (χ2n) is 8.11. The Morgan fingerprint density at radius 1 is 1.24 bits per heavy atom. The van der Waals surface area contributed by atoms with Gasteiger partial charge in [0, 0.05) is 24.3 Å². The van der Waals surface area contributed by atoms with E-state index >= 15 is 0 Å². The molecule has 0 radical (unpaired) electrons. The van der Waals surface area contributed by atoms with Crippen LogP contribution in [0.15, 0.2) is 6.20 Å². The highest BCUT2D eigenvalue weighted by Gasteiger charge is 2.23. The van der Waals surface area contributed by atoms with Gasteiger partial charge >= 0.3 is 0 Å². The third-order valence-corrected chi connectivity index (χ3v) is 3.83. The van der Waals surface area contributed by atoms with Crippen molar-refractivity contribution in [2.45, 2.75) is 79.5 Å². The van der Waals surface area contributed by atoms with Gasteiger partial charge in [0.2, 0.25) is 0 Å². The second kappa shape index (κ2) is 6.49. The molecule has 0 aliphatic heterocycles. The fourth-order valence-corrected chi connectivity index (χ4v) is 2.65. The highest BCUT2D eigenvalue weighted by Crippen LogP contribution is 2.25. The van der Waals surface area contributed by atoms with Crippen LogP contribution >= 0.6 is 0 Å². The predicted octanol–water partition coefficient (Wildman–Crippen LogP) is 3.39. The summed E-state index contributed by atoms with van der Waals surface area (Å²) in [5, 5.41) is 17.8. The number of nitrogens with one attached hydrogen (secondary N) is 1. The zero-order valence-corrected chi connectivity index (χ0v) is 15.0. The molecule has 0 saturated carbocycles. The van der Waals surface area contributed by atoms with E-state index in [0.717, 1.165) is 18.7 Å². The Bertz CT molecular complexity index is 455. The van der Waals surface area contributed by atoms with E-state index < -0.39 is 0 Å². The first-order valence-corrected chi connectivity index (χ1v) is 7.90. The van der Waals surface area contributed by atoms with E-state index in [1.165, 1.54) is 5.56 Å². The molecule has 1 aromatic rings. The van der Waals surface area contributed by atoms with Gasteiger partial charge in [0.25, 0.3) is 0 Å². The van der Waals surface area contributed by atoms with E-state index in [2.05, 4.69) is 65.1 Å². The quantitative estimate of drug-likeness (QED) is 0.845. The summed E-state index contributed by atoms with van der Waals surface area (Å²) in [5.41, 5.74) is 2.42. The zero-order valence-electron chi connectivity index (χ0n) is 15.0. The summed E-state index contributed by atoms with van der Waals surface area (Å²) in [5.74, 6) is 0. The number of aliphatic hydroxyl groups is 1. The van der Waals surface area contributed by atoms with Gasteiger partial charge in [0.1, 0.15) is 0 Å². The van der Waals surface area contributed by atoms with Crippen molar-refractivity contribution in [3.63, 3.8) is 0 Å². The van der Waals surface area contributed by atoms with Gasteiger partial charge in [-0.3, -0.25) is 4.68 Å². The highest BCUT2D eigenvalue weighted by molar-refractivity contribution is 5.20. The van der Waals surface area contributed by atoms with Crippen molar-refractivity contribution in [3.05, 3.63) is 17.5 Å². The van der Waals surface area contributed by atoms with E-state index in [1.807, 2.05) is 11.6 Å². The molecule has 4 heteroatoms. The Labute approximate surface area is 129 Å². The Kier molecular flexibility index (Phi) is 5.62. The molecule has 0 aliphatic rings. The van der Waals surface area contributed by atoms with Gasteiger partial charge in [0.05, 0.1) is 17.3 Å². The smallest absolute Gasteiger partial charge is 0.0641 e. The Balaban J connectivity index is 2.72. The summed E-state index contributed by atoms with van der Waals surface area (Å²) in [6.45, 7) is 17.8. The lowest BCUT2D eigenvalue weighted by Crippen LogP contribution is -2.33. The van der Waals surface area contributed by atoms with E-state index in [-0.39, 0.29) is 23.1 Å². The molecule has 2 atom stereocenters. The van der Waals surface area contributed by atoms with E-state index in [9.17, 15) is 5.11 Å². The molecule has 0 bridgehead atoms. The molecule has 0 spiro atoms. The maximum atomic E-state index is 9.57. The number of hydrogen-bond acceptors (Lipinski definition) is 3. The van der Waals surface area contributed by atoms with Crippen LogP contribution < -0.4 is 5.32 Å². The average molecular weight is 295 g/mol. The Morgan fingerprint density at radius 2 is 1.81 bits per heavy atom. The number of hydrogen-bond donors (Lipinski definition) is 2. The number of aryl methyl sites for hydroxylation is 1. The molecule has 1 aromatic heterocycles. The monoisotopic (exact) mass is 295 g/mol. The minimum Gasteiger partial charge on any atom is -0.393 e. The normalized spacial score (nSPS) is 16.0.